The highest BCUT2D eigenvalue weighted by atomic mass is 16.6. The maximum atomic E-state index is 11.7. The van der Waals surface area contributed by atoms with Crippen LogP contribution in [0.15, 0.2) is 23.1 Å². The number of nitrogens with zero attached hydrogens (tertiary/aromatic N) is 1. The Morgan fingerprint density at radius 1 is 1.38 bits per heavy atom. The lowest BCUT2D eigenvalue weighted by Gasteiger charge is -2.05. The van der Waals surface area contributed by atoms with E-state index < -0.39 is 4.92 Å². The van der Waals surface area contributed by atoms with Gasteiger partial charge in [-0.3, -0.25) is 14.9 Å². The van der Waals surface area contributed by atoms with E-state index in [1.807, 2.05) is 0 Å². The number of nitro benzene ring substituents is 1. The summed E-state index contributed by atoms with van der Waals surface area (Å²) in [6.45, 7) is 3.55. The Bertz CT molecular complexity index is 643. The third-order valence-electron chi connectivity index (χ3n) is 2.73. The van der Waals surface area contributed by atoms with Gasteiger partial charge in [0, 0.05) is 18.3 Å². The van der Waals surface area contributed by atoms with Crippen molar-refractivity contribution < 1.29 is 4.92 Å². The first kappa shape index (κ1) is 10.4. The van der Waals surface area contributed by atoms with Crippen LogP contribution >= 0.6 is 0 Å². The Hall–Kier alpha value is -2.17. The first-order chi connectivity index (χ1) is 7.52. The van der Waals surface area contributed by atoms with Crippen molar-refractivity contribution in [3.8, 4) is 0 Å². The summed E-state index contributed by atoms with van der Waals surface area (Å²) in [5.41, 5.74) is 1.56. The van der Waals surface area contributed by atoms with E-state index in [0.717, 1.165) is 11.1 Å². The summed E-state index contributed by atoms with van der Waals surface area (Å²) in [5.74, 6) is 0. The molecule has 0 aliphatic carbocycles. The Balaban J connectivity index is 3.07. The molecule has 0 amide bonds. The summed E-state index contributed by atoms with van der Waals surface area (Å²) >= 11 is 0. The number of fused-ring (bicyclic) bond motifs is 1. The zero-order chi connectivity index (χ0) is 11.9. The van der Waals surface area contributed by atoms with Crippen LogP contribution in [0.3, 0.4) is 0 Å². The van der Waals surface area contributed by atoms with Crippen LogP contribution in [0, 0.1) is 24.0 Å². The van der Waals surface area contributed by atoms with E-state index in [0.29, 0.717) is 10.9 Å². The maximum Gasteiger partial charge on any atom is 0.293 e. The first-order valence-electron chi connectivity index (χ1n) is 4.78. The molecule has 16 heavy (non-hydrogen) atoms. The van der Waals surface area contributed by atoms with Crippen LogP contribution in [-0.2, 0) is 0 Å². The van der Waals surface area contributed by atoms with Gasteiger partial charge in [0.05, 0.1) is 10.3 Å². The van der Waals surface area contributed by atoms with Crippen LogP contribution in [0.4, 0.5) is 5.69 Å². The van der Waals surface area contributed by atoms with Crippen LogP contribution in [0.1, 0.15) is 11.1 Å². The number of aromatic amines is 1. The van der Waals surface area contributed by atoms with Crippen molar-refractivity contribution in [3.63, 3.8) is 0 Å². The van der Waals surface area contributed by atoms with Crippen molar-refractivity contribution in [1.29, 1.82) is 0 Å². The summed E-state index contributed by atoms with van der Waals surface area (Å²) < 4.78 is 0. The SMILES string of the molecule is Cc1cc([N+](=O)[O-])c2[nH]ccc(=O)c2c1C. The summed E-state index contributed by atoms with van der Waals surface area (Å²) in [5, 5.41) is 11.3. The van der Waals surface area contributed by atoms with Gasteiger partial charge in [-0.25, -0.2) is 0 Å². The minimum absolute atomic E-state index is 0.0594. The molecule has 0 spiro atoms. The number of aryl methyl sites for hydroxylation is 2. The van der Waals surface area contributed by atoms with Crippen molar-refractivity contribution in [2.24, 2.45) is 0 Å². The van der Waals surface area contributed by atoms with Crippen molar-refractivity contribution >= 4 is 16.6 Å². The number of non-ortho nitro benzene ring substituents is 1. The fourth-order valence-corrected chi connectivity index (χ4v) is 1.78. The molecule has 1 aromatic heterocycles. The Morgan fingerprint density at radius 3 is 2.69 bits per heavy atom. The molecular formula is C11H10N2O3. The van der Waals surface area contributed by atoms with E-state index in [1.54, 1.807) is 13.8 Å². The van der Waals surface area contributed by atoms with E-state index in [2.05, 4.69) is 4.98 Å². The molecule has 0 aliphatic rings. The molecule has 1 heterocycles. The molecule has 0 saturated heterocycles. The third-order valence-corrected chi connectivity index (χ3v) is 2.73. The Kier molecular flexibility index (Phi) is 2.23. The fourth-order valence-electron chi connectivity index (χ4n) is 1.78. The number of nitro groups is 1. The molecule has 0 saturated carbocycles. The van der Waals surface area contributed by atoms with Gasteiger partial charge >= 0.3 is 0 Å². The molecule has 82 valence electrons. The molecule has 0 fully saturated rings. The summed E-state index contributed by atoms with van der Waals surface area (Å²) in [6, 6.07) is 2.85. The molecule has 5 nitrogen and oxygen atoms in total. The summed E-state index contributed by atoms with van der Waals surface area (Å²) in [4.78, 5) is 24.8. The zero-order valence-electron chi connectivity index (χ0n) is 8.90. The predicted octanol–water partition coefficient (Wildman–Crippen LogP) is 2.05. The highest BCUT2D eigenvalue weighted by Gasteiger charge is 2.17. The van der Waals surface area contributed by atoms with E-state index in [-0.39, 0.29) is 11.1 Å². The van der Waals surface area contributed by atoms with Crippen molar-refractivity contribution in [2.45, 2.75) is 13.8 Å². The number of hydrogen-bond donors (Lipinski definition) is 1. The van der Waals surface area contributed by atoms with Crippen LogP contribution in [0.2, 0.25) is 0 Å². The molecule has 0 radical (unpaired) electrons. The monoisotopic (exact) mass is 218 g/mol. The molecule has 0 aliphatic heterocycles. The van der Waals surface area contributed by atoms with Gasteiger partial charge < -0.3 is 4.98 Å². The third kappa shape index (κ3) is 1.37. The molecule has 0 bridgehead atoms. The molecular weight excluding hydrogens is 208 g/mol. The first-order valence-corrected chi connectivity index (χ1v) is 4.78. The fraction of sp³-hybridized carbons (Fsp3) is 0.182. The topological polar surface area (TPSA) is 76.0 Å². The molecule has 2 rings (SSSR count). The van der Waals surface area contributed by atoms with Crippen molar-refractivity contribution in [1.82, 2.24) is 4.98 Å². The van der Waals surface area contributed by atoms with Crippen LogP contribution in [-0.4, -0.2) is 9.91 Å². The molecule has 0 atom stereocenters. The van der Waals surface area contributed by atoms with Gasteiger partial charge in [-0.1, -0.05) is 0 Å². The second-order valence-electron chi connectivity index (χ2n) is 3.69. The van der Waals surface area contributed by atoms with E-state index in [1.165, 1.54) is 18.3 Å². The highest BCUT2D eigenvalue weighted by Crippen LogP contribution is 2.26. The second kappa shape index (κ2) is 3.44. The normalized spacial score (nSPS) is 10.6. The van der Waals surface area contributed by atoms with Crippen LogP contribution in [0.5, 0.6) is 0 Å². The van der Waals surface area contributed by atoms with Crippen LogP contribution in [0.25, 0.3) is 10.9 Å². The minimum atomic E-state index is -0.481. The van der Waals surface area contributed by atoms with Crippen LogP contribution < -0.4 is 5.43 Å². The second-order valence-corrected chi connectivity index (χ2v) is 3.69. The largest absolute Gasteiger partial charge is 0.355 e. The lowest BCUT2D eigenvalue weighted by atomic mass is 10.0. The van der Waals surface area contributed by atoms with Crippen molar-refractivity contribution in [3.05, 3.63) is 49.8 Å². The van der Waals surface area contributed by atoms with Gasteiger partial charge in [0.15, 0.2) is 5.43 Å². The standard InChI is InChI=1S/C11H10N2O3/c1-6-5-8(13(15)16)11-10(7(6)2)9(14)3-4-12-11/h3-5H,1-2H3,(H,12,14). The number of pyridine rings is 1. The quantitative estimate of drug-likeness (QED) is 0.587. The van der Waals surface area contributed by atoms with E-state index in [9.17, 15) is 14.9 Å². The van der Waals surface area contributed by atoms with Gasteiger partial charge in [0.1, 0.15) is 5.52 Å². The number of rotatable bonds is 1. The number of hydrogen-bond acceptors (Lipinski definition) is 3. The van der Waals surface area contributed by atoms with E-state index >= 15 is 0 Å². The van der Waals surface area contributed by atoms with Gasteiger partial charge in [-0.15, -0.1) is 0 Å². The Labute approximate surface area is 90.9 Å². The molecule has 0 unspecified atom stereocenters. The minimum Gasteiger partial charge on any atom is -0.355 e. The number of H-pyrrole nitrogens is 1. The van der Waals surface area contributed by atoms with Gasteiger partial charge in [-0.2, -0.15) is 0 Å². The maximum absolute atomic E-state index is 11.7. The average Bonchev–Trinajstić information content (AvgIpc) is 2.22. The van der Waals surface area contributed by atoms with Gasteiger partial charge in [0.25, 0.3) is 5.69 Å². The molecule has 1 N–H and O–H groups in total. The lowest BCUT2D eigenvalue weighted by molar-refractivity contribution is -0.383. The molecule has 5 heteroatoms. The summed E-state index contributed by atoms with van der Waals surface area (Å²) in [7, 11) is 0. The number of nitrogens with one attached hydrogen (secondary N) is 1. The average molecular weight is 218 g/mol. The predicted molar refractivity (Wildman–Crippen MR) is 60.7 cm³/mol. The van der Waals surface area contributed by atoms with Crippen molar-refractivity contribution in [2.75, 3.05) is 0 Å². The zero-order valence-corrected chi connectivity index (χ0v) is 8.90. The summed E-state index contributed by atoms with van der Waals surface area (Å²) in [6.07, 6.45) is 1.42. The van der Waals surface area contributed by atoms with E-state index in [4.69, 9.17) is 0 Å². The Morgan fingerprint density at radius 2 is 2.06 bits per heavy atom. The van der Waals surface area contributed by atoms with Gasteiger partial charge in [-0.05, 0) is 25.0 Å². The lowest BCUT2D eigenvalue weighted by Crippen LogP contribution is -2.05. The number of aromatic nitrogens is 1. The molecule has 2 aromatic rings. The van der Waals surface area contributed by atoms with Gasteiger partial charge in [0.2, 0.25) is 0 Å². The highest BCUT2D eigenvalue weighted by molar-refractivity contribution is 5.90. The number of benzene rings is 1. The smallest absolute Gasteiger partial charge is 0.293 e. The molecule has 1 aromatic carbocycles.